The molecule has 0 fully saturated rings. The number of anilines is 1. The van der Waals surface area contributed by atoms with E-state index in [0.717, 1.165) is 10.0 Å². The topological polar surface area (TPSA) is 77.1 Å². The Morgan fingerprint density at radius 1 is 1.14 bits per heavy atom. The summed E-state index contributed by atoms with van der Waals surface area (Å²) in [6, 6.07) is 8.58. The molecule has 0 radical (unpaired) electrons. The molecule has 1 aliphatic heterocycles. The highest BCUT2D eigenvalue weighted by Crippen LogP contribution is 2.37. The van der Waals surface area contributed by atoms with Crippen LogP contribution in [-0.4, -0.2) is 39.7 Å². The summed E-state index contributed by atoms with van der Waals surface area (Å²) in [4.78, 5) is 0.226. The molecular weight excluding hydrogens is 448 g/mol. The smallest absolute Gasteiger partial charge is 0.243 e. The van der Waals surface area contributed by atoms with Crippen LogP contribution in [0.4, 0.5) is 5.69 Å². The van der Waals surface area contributed by atoms with Crippen LogP contribution in [0.5, 0.6) is 17.2 Å². The lowest BCUT2D eigenvalue weighted by molar-refractivity contribution is 0.174. The highest BCUT2D eigenvalue weighted by atomic mass is 79.9. The Kier molecular flexibility index (Phi) is 6.36. The number of benzene rings is 2. The zero-order valence-electron chi connectivity index (χ0n) is 16.0. The average molecular weight is 471 g/mol. The molecule has 0 saturated carbocycles. The van der Waals surface area contributed by atoms with Crippen LogP contribution in [0.25, 0.3) is 0 Å². The lowest BCUT2D eigenvalue weighted by atomic mass is 10.2. The SMILES string of the molecule is CCN(CC)S(=O)(=O)c1ccc(OC)c(NCc2cc3c(cc2Br)OCO3)c1. The highest BCUT2D eigenvalue weighted by molar-refractivity contribution is 9.10. The molecule has 0 unspecified atom stereocenters. The Morgan fingerprint density at radius 2 is 1.82 bits per heavy atom. The molecule has 0 bridgehead atoms. The Morgan fingerprint density at radius 3 is 2.46 bits per heavy atom. The molecule has 0 spiro atoms. The summed E-state index contributed by atoms with van der Waals surface area (Å²) in [5, 5.41) is 3.27. The van der Waals surface area contributed by atoms with E-state index in [1.807, 2.05) is 26.0 Å². The predicted molar refractivity (Wildman–Crippen MR) is 111 cm³/mol. The number of rotatable bonds is 8. The van der Waals surface area contributed by atoms with Crippen molar-refractivity contribution in [3.8, 4) is 17.2 Å². The molecule has 0 amide bonds. The minimum Gasteiger partial charge on any atom is -0.495 e. The van der Waals surface area contributed by atoms with Crippen LogP contribution >= 0.6 is 15.9 Å². The molecular formula is C19H23BrN2O5S. The van der Waals surface area contributed by atoms with E-state index in [0.29, 0.717) is 42.6 Å². The van der Waals surface area contributed by atoms with Gasteiger partial charge in [0.1, 0.15) is 5.75 Å². The summed E-state index contributed by atoms with van der Waals surface area (Å²) in [6.45, 7) is 5.12. The first kappa shape index (κ1) is 20.8. The number of nitrogens with one attached hydrogen (secondary N) is 1. The molecule has 0 aromatic heterocycles. The van der Waals surface area contributed by atoms with Crippen molar-refractivity contribution in [1.29, 1.82) is 0 Å². The molecule has 1 N–H and O–H groups in total. The van der Waals surface area contributed by atoms with Crippen LogP contribution in [0.2, 0.25) is 0 Å². The van der Waals surface area contributed by atoms with Crippen molar-refractivity contribution in [3.63, 3.8) is 0 Å². The molecule has 0 saturated heterocycles. The maximum absolute atomic E-state index is 12.8. The van der Waals surface area contributed by atoms with Crippen molar-refractivity contribution in [2.75, 3.05) is 32.3 Å². The van der Waals surface area contributed by atoms with Crippen molar-refractivity contribution in [2.45, 2.75) is 25.3 Å². The van der Waals surface area contributed by atoms with Gasteiger partial charge in [0.05, 0.1) is 17.7 Å². The maximum atomic E-state index is 12.8. The van der Waals surface area contributed by atoms with E-state index in [4.69, 9.17) is 14.2 Å². The van der Waals surface area contributed by atoms with Crippen molar-refractivity contribution in [3.05, 3.63) is 40.4 Å². The van der Waals surface area contributed by atoms with Crippen molar-refractivity contribution < 1.29 is 22.6 Å². The quantitative estimate of drug-likeness (QED) is 0.631. The fourth-order valence-corrected chi connectivity index (χ4v) is 4.93. The fourth-order valence-electron chi connectivity index (χ4n) is 2.98. The van der Waals surface area contributed by atoms with Crippen LogP contribution in [-0.2, 0) is 16.6 Å². The van der Waals surface area contributed by atoms with Crippen LogP contribution in [0.15, 0.2) is 39.7 Å². The summed E-state index contributed by atoms with van der Waals surface area (Å²) in [6.07, 6.45) is 0. The molecule has 28 heavy (non-hydrogen) atoms. The standard InChI is InChI=1S/C19H23BrN2O5S/c1-4-22(5-2)28(23,24)14-6-7-17(25-3)16(9-14)21-11-13-8-18-19(10-15(13)20)27-12-26-18/h6-10,21H,4-5,11-12H2,1-3H3. The number of halogens is 1. The third-order valence-corrected chi connectivity index (χ3v) is 7.31. The highest BCUT2D eigenvalue weighted by Gasteiger charge is 2.23. The second-order valence-electron chi connectivity index (χ2n) is 6.10. The van der Waals surface area contributed by atoms with Crippen LogP contribution in [0, 0.1) is 0 Å². The minimum atomic E-state index is -3.56. The van der Waals surface area contributed by atoms with Crippen molar-refractivity contribution >= 4 is 31.6 Å². The van der Waals surface area contributed by atoms with Crippen LogP contribution in [0.3, 0.4) is 0 Å². The molecule has 0 atom stereocenters. The van der Waals surface area contributed by atoms with E-state index in [1.165, 1.54) is 4.31 Å². The lowest BCUT2D eigenvalue weighted by Crippen LogP contribution is -2.30. The number of hydrogen-bond donors (Lipinski definition) is 1. The number of hydrogen-bond acceptors (Lipinski definition) is 6. The van der Waals surface area contributed by atoms with E-state index in [1.54, 1.807) is 25.3 Å². The van der Waals surface area contributed by atoms with E-state index in [-0.39, 0.29) is 11.7 Å². The third kappa shape index (κ3) is 4.06. The molecule has 1 aliphatic rings. The average Bonchev–Trinajstić information content (AvgIpc) is 3.13. The maximum Gasteiger partial charge on any atom is 0.243 e. The zero-order chi connectivity index (χ0) is 20.3. The van der Waals surface area contributed by atoms with Gasteiger partial charge in [-0.05, 0) is 35.9 Å². The Bertz CT molecular complexity index is 961. The zero-order valence-corrected chi connectivity index (χ0v) is 18.4. The first-order valence-electron chi connectivity index (χ1n) is 8.90. The molecule has 152 valence electrons. The van der Waals surface area contributed by atoms with Gasteiger partial charge in [0.25, 0.3) is 0 Å². The monoisotopic (exact) mass is 470 g/mol. The first-order chi connectivity index (χ1) is 13.4. The third-order valence-electron chi connectivity index (χ3n) is 4.53. The molecule has 0 aliphatic carbocycles. The summed E-state index contributed by atoms with van der Waals surface area (Å²) in [5.41, 5.74) is 1.55. The molecule has 7 nitrogen and oxygen atoms in total. The van der Waals surface area contributed by atoms with Gasteiger partial charge in [-0.2, -0.15) is 4.31 Å². The summed E-state index contributed by atoms with van der Waals surface area (Å²) in [5.74, 6) is 1.95. The normalized spacial score (nSPS) is 13.0. The summed E-state index contributed by atoms with van der Waals surface area (Å²) < 4.78 is 44.1. The van der Waals surface area contributed by atoms with Gasteiger partial charge < -0.3 is 19.5 Å². The van der Waals surface area contributed by atoms with E-state index in [2.05, 4.69) is 21.2 Å². The van der Waals surface area contributed by atoms with E-state index >= 15 is 0 Å². The van der Waals surface area contributed by atoms with Gasteiger partial charge in [0, 0.05) is 24.1 Å². The Balaban J connectivity index is 1.88. The van der Waals surface area contributed by atoms with Crippen molar-refractivity contribution in [2.24, 2.45) is 0 Å². The van der Waals surface area contributed by atoms with Crippen LogP contribution in [0.1, 0.15) is 19.4 Å². The lowest BCUT2D eigenvalue weighted by Gasteiger charge is -2.20. The van der Waals surface area contributed by atoms with Gasteiger partial charge in [0.2, 0.25) is 16.8 Å². The van der Waals surface area contributed by atoms with Crippen molar-refractivity contribution in [1.82, 2.24) is 4.31 Å². The molecule has 3 rings (SSSR count). The van der Waals surface area contributed by atoms with Gasteiger partial charge in [-0.15, -0.1) is 0 Å². The summed E-state index contributed by atoms with van der Waals surface area (Å²) in [7, 11) is -2.00. The van der Waals surface area contributed by atoms with E-state index < -0.39 is 10.0 Å². The molecule has 2 aromatic rings. The largest absolute Gasteiger partial charge is 0.495 e. The van der Waals surface area contributed by atoms with Gasteiger partial charge in [-0.3, -0.25) is 0 Å². The second kappa shape index (κ2) is 8.59. The van der Waals surface area contributed by atoms with Gasteiger partial charge in [-0.25, -0.2) is 8.42 Å². The number of sulfonamides is 1. The molecule has 2 aromatic carbocycles. The van der Waals surface area contributed by atoms with Crippen LogP contribution < -0.4 is 19.5 Å². The molecule has 9 heteroatoms. The number of methoxy groups -OCH3 is 1. The second-order valence-corrected chi connectivity index (χ2v) is 8.89. The Hall–Kier alpha value is -1.97. The number of fused-ring (bicyclic) bond motifs is 1. The van der Waals surface area contributed by atoms with Gasteiger partial charge in [-0.1, -0.05) is 29.8 Å². The summed E-state index contributed by atoms with van der Waals surface area (Å²) >= 11 is 3.53. The van der Waals surface area contributed by atoms with Gasteiger partial charge in [0.15, 0.2) is 11.5 Å². The number of ether oxygens (including phenoxy) is 3. The minimum absolute atomic E-state index is 0.206. The predicted octanol–water partition coefficient (Wildman–Crippen LogP) is 3.83. The first-order valence-corrected chi connectivity index (χ1v) is 11.1. The fraction of sp³-hybridized carbons (Fsp3) is 0.368. The molecule has 1 heterocycles. The number of nitrogens with zero attached hydrogens (tertiary/aromatic N) is 1. The van der Waals surface area contributed by atoms with E-state index in [9.17, 15) is 8.42 Å². The van der Waals surface area contributed by atoms with Gasteiger partial charge >= 0.3 is 0 Å². The Labute approximate surface area is 173 Å².